The summed E-state index contributed by atoms with van der Waals surface area (Å²) < 4.78 is 4.47. The molecule has 8 nitrogen and oxygen atoms in total. The number of hydrogen-bond donors (Lipinski definition) is 0. The number of para-hydroxylation sites is 1. The van der Waals surface area contributed by atoms with Crippen LogP contribution in [0.4, 0.5) is 11.4 Å². The van der Waals surface area contributed by atoms with Crippen molar-refractivity contribution in [1.82, 2.24) is 19.2 Å². The summed E-state index contributed by atoms with van der Waals surface area (Å²) >= 11 is 5.64. The van der Waals surface area contributed by atoms with E-state index in [9.17, 15) is 10.1 Å². The Kier molecular flexibility index (Phi) is 5.41. The van der Waals surface area contributed by atoms with Crippen molar-refractivity contribution >= 4 is 23.6 Å². The smallest absolute Gasteiger partial charge is 0.269 e. The Morgan fingerprint density at radius 1 is 1.07 bits per heavy atom. The molecule has 29 heavy (non-hydrogen) atoms. The summed E-state index contributed by atoms with van der Waals surface area (Å²) in [5.41, 5.74) is 3.33. The number of piperazine rings is 1. The first kappa shape index (κ1) is 19.3. The van der Waals surface area contributed by atoms with Crippen molar-refractivity contribution in [3.05, 3.63) is 75.3 Å². The molecule has 0 spiro atoms. The van der Waals surface area contributed by atoms with Crippen molar-refractivity contribution in [2.75, 3.05) is 31.1 Å². The van der Waals surface area contributed by atoms with E-state index in [4.69, 9.17) is 12.2 Å². The van der Waals surface area contributed by atoms with Gasteiger partial charge in [-0.1, -0.05) is 18.2 Å². The van der Waals surface area contributed by atoms with E-state index in [2.05, 4.69) is 27.9 Å². The van der Waals surface area contributed by atoms with Crippen molar-refractivity contribution in [2.24, 2.45) is 0 Å². The van der Waals surface area contributed by atoms with E-state index in [1.54, 1.807) is 18.5 Å². The molecule has 1 aromatic heterocycles. The minimum Gasteiger partial charge on any atom is -0.369 e. The summed E-state index contributed by atoms with van der Waals surface area (Å²) in [7, 11) is 0. The Labute approximate surface area is 173 Å². The molecule has 1 aliphatic rings. The number of nitro benzene ring substituents is 1. The minimum absolute atomic E-state index is 0.117. The molecule has 4 rings (SSSR count). The second-order valence-corrected chi connectivity index (χ2v) is 7.45. The lowest BCUT2D eigenvalue weighted by atomic mass is 10.2. The zero-order chi connectivity index (χ0) is 20.4. The monoisotopic (exact) mass is 410 g/mol. The number of aryl methyl sites for hydroxylation is 1. The molecule has 2 heterocycles. The lowest BCUT2D eigenvalue weighted by Crippen LogP contribution is -2.47. The van der Waals surface area contributed by atoms with Gasteiger partial charge in [0.1, 0.15) is 6.33 Å². The van der Waals surface area contributed by atoms with Crippen LogP contribution in [-0.4, -0.2) is 50.3 Å². The van der Waals surface area contributed by atoms with E-state index in [1.165, 1.54) is 0 Å². The first-order valence-corrected chi connectivity index (χ1v) is 9.86. The summed E-state index contributed by atoms with van der Waals surface area (Å²) in [6, 6.07) is 14.8. The lowest BCUT2D eigenvalue weighted by molar-refractivity contribution is -0.384. The summed E-state index contributed by atoms with van der Waals surface area (Å²) in [6.07, 6.45) is 1.78. The van der Waals surface area contributed by atoms with Gasteiger partial charge in [0.2, 0.25) is 4.77 Å². The van der Waals surface area contributed by atoms with E-state index in [1.807, 2.05) is 39.6 Å². The van der Waals surface area contributed by atoms with E-state index >= 15 is 0 Å². The number of non-ortho nitro benzene ring substituents is 1. The third kappa shape index (κ3) is 4.06. The van der Waals surface area contributed by atoms with Gasteiger partial charge in [-0.05, 0) is 42.9 Å². The predicted octanol–water partition coefficient (Wildman–Crippen LogP) is 3.40. The average molecular weight is 411 g/mol. The molecule has 0 saturated carbocycles. The molecule has 9 heteroatoms. The van der Waals surface area contributed by atoms with Crippen LogP contribution in [0.2, 0.25) is 0 Å². The van der Waals surface area contributed by atoms with E-state index in [0.29, 0.717) is 11.4 Å². The highest BCUT2D eigenvalue weighted by Crippen LogP contribution is 2.21. The second kappa shape index (κ2) is 8.14. The Morgan fingerprint density at radius 3 is 2.41 bits per heavy atom. The highest BCUT2D eigenvalue weighted by atomic mass is 32.1. The highest BCUT2D eigenvalue weighted by molar-refractivity contribution is 7.71. The molecule has 0 bridgehead atoms. The molecule has 1 aliphatic heterocycles. The van der Waals surface area contributed by atoms with Crippen LogP contribution in [0.3, 0.4) is 0 Å². The molecule has 3 aromatic rings. The Bertz CT molecular complexity index is 1070. The predicted molar refractivity (Wildman–Crippen MR) is 114 cm³/mol. The van der Waals surface area contributed by atoms with Crippen molar-refractivity contribution < 1.29 is 4.92 Å². The van der Waals surface area contributed by atoms with Crippen LogP contribution in [0.5, 0.6) is 0 Å². The SMILES string of the molecule is Cc1ccccc1-n1cnn(CN2CCN(c3ccc([N+](=O)[O-])cc3)CC2)c1=S. The molecule has 0 atom stereocenters. The van der Waals surface area contributed by atoms with Gasteiger partial charge in [-0.2, -0.15) is 5.10 Å². The van der Waals surface area contributed by atoms with E-state index in [0.717, 1.165) is 43.1 Å². The van der Waals surface area contributed by atoms with Crippen molar-refractivity contribution in [2.45, 2.75) is 13.6 Å². The molecule has 1 fully saturated rings. The second-order valence-electron chi connectivity index (χ2n) is 7.09. The van der Waals surface area contributed by atoms with Crippen LogP contribution in [0.25, 0.3) is 5.69 Å². The third-order valence-corrected chi connectivity index (χ3v) is 5.65. The lowest BCUT2D eigenvalue weighted by Gasteiger charge is -2.35. The summed E-state index contributed by atoms with van der Waals surface area (Å²) in [5.74, 6) is 0. The van der Waals surface area contributed by atoms with Crippen LogP contribution in [-0.2, 0) is 6.67 Å². The zero-order valence-corrected chi connectivity index (χ0v) is 17.0. The van der Waals surface area contributed by atoms with Gasteiger partial charge in [-0.25, -0.2) is 4.68 Å². The fourth-order valence-corrected chi connectivity index (χ4v) is 3.81. The van der Waals surface area contributed by atoms with Gasteiger partial charge >= 0.3 is 0 Å². The number of nitro groups is 1. The number of anilines is 1. The quantitative estimate of drug-likeness (QED) is 0.365. The van der Waals surface area contributed by atoms with Gasteiger partial charge in [-0.15, -0.1) is 0 Å². The van der Waals surface area contributed by atoms with E-state index in [-0.39, 0.29) is 10.6 Å². The normalized spacial score (nSPS) is 14.9. The number of aromatic nitrogens is 3. The van der Waals surface area contributed by atoms with E-state index < -0.39 is 0 Å². The molecule has 2 aromatic carbocycles. The van der Waals surface area contributed by atoms with Gasteiger partial charge < -0.3 is 4.90 Å². The van der Waals surface area contributed by atoms with Crippen molar-refractivity contribution in [1.29, 1.82) is 0 Å². The van der Waals surface area contributed by atoms with Gasteiger partial charge in [-0.3, -0.25) is 19.6 Å². The van der Waals surface area contributed by atoms with Crippen LogP contribution < -0.4 is 4.90 Å². The van der Waals surface area contributed by atoms with Crippen LogP contribution in [0.1, 0.15) is 5.56 Å². The van der Waals surface area contributed by atoms with Crippen LogP contribution in [0, 0.1) is 21.8 Å². The highest BCUT2D eigenvalue weighted by Gasteiger charge is 2.19. The zero-order valence-electron chi connectivity index (χ0n) is 16.1. The molecule has 0 radical (unpaired) electrons. The van der Waals surface area contributed by atoms with Crippen molar-refractivity contribution in [3.63, 3.8) is 0 Å². The Morgan fingerprint density at radius 2 is 1.76 bits per heavy atom. The molecule has 0 amide bonds. The molecule has 150 valence electrons. The Balaban J connectivity index is 1.40. The first-order valence-electron chi connectivity index (χ1n) is 9.45. The standard InChI is InChI=1S/C20H22N6O2S/c1-16-4-2-3-5-19(16)24-14-21-25(20(24)29)15-22-10-12-23(13-11-22)17-6-8-18(9-7-17)26(27)28/h2-9,14H,10-13,15H2,1H3. The molecule has 0 unspecified atom stereocenters. The Hall–Kier alpha value is -3.04. The number of nitrogens with zero attached hydrogens (tertiary/aromatic N) is 6. The molecular formula is C20H22N6O2S. The largest absolute Gasteiger partial charge is 0.369 e. The molecule has 0 N–H and O–H groups in total. The maximum atomic E-state index is 10.8. The molecule has 1 saturated heterocycles. The van der Waals surface area contributed by atoms with Gasteiger partial charge in [0.15, 0.2) is 0 Å². The summed E-state index contributed by atoms with van der Waals surface area (Å²) in [6.45, 7) is 6.15. The number of rotatable bonds is 5. The molecular weight excluding hydrogens is 388 g/mol. The maximum Gasteiger partial charge on any atom is 0.269 e. The topological polar surface area (TPSA) is 72.4 Å². The van der Waals surface area contributed by atoms with Crippen molar-refractivity contribution in [3.8, 4) is 5.69 Å². The minimum atomic E-state index is -0.374. The van der Waals surface area contributed by atoms with Gasteiger partial charge in [0.25, 0.3) is 5.69 Å². The summed E-state index contributed by atoms with van der Waals surface area (Å²) in [4.78, 5) is 15.0. The fourth-order valence-electron chi connectivity index (χ4n) is 3.56. The van der Waals surface area contributed by atoms with Crippen LogP contribution >= 0.6 is 12.2 Å². The number of hydrogen-bond acceptors (Lipinski definition) is 6. The summed E-state index contributed by atoms with van der Waals surface area (Å²) in [5, 5.41) is 15.3. The third-order valence-electron chi connectivity index (χ3n) is 5.24. The fraction of sp³-hybridized carbons (Fsp3) is 0.300. The average Bonchev–Trinajstić information content (AvgIpc) is 3.09. The maximum absolute atomic E-state index is 10.8. The van der Waals surface area contributed by atoms with Crippen LogP contribution in [0.15, 0.2) is 54.9 Å². The first-order chi connectivity index (χ1) is 14.0. The van der Waals surface area contributed by atoms with Gasteiger partial charge in [0, 0.05) is 44.0 Å². The molecule has 0 aliphatic carbocycles. The number of benzene rings is 2. The van der Waals surface area contributed by atoms with Gasteiger partial charge in [0.05, 0.1) is 17.3 Å².